The maximum absolute atomic E-state index is 13.6. The van der Waals surface area contributed by atoms with E-state index in [9.17, 15) is 4.39 Å². The zero-order chi connectivity index (χ0) is 15.2. The molecule has 0 aliphatic rings. The van der Waals surface area contributed by atoms with Gasteiger partial charge >= 0.3 is 0 Å². The third kappa shape index (κ3) is 8.60. The Kier molecular flexibility index (Phi) is 9.44. The molecule has 0 spiro atoms. The average Bonchev–Trinajstić information content (AvgIpc) is 2.33. The number of guanidine groups is 1. The van der Waals surface area contributed by atoms with E-state index in [0.29, 0.717) is 6.42 Å². The van der Waals surface area contributed by atoms with Gasteiger partial charge < -0.3 is 10.6 Å². The number of nitrogens with one attached hydrogen (secondary N) is 2. The normalized spacial score (nSPS) is 11.8. The molecule has 21 heavy (non-hydrogen) atoms. The molecule has 2 N–H and O–H groups in total. The van der Waals surface area contributed by atoms with E-state index in [1.807, 2.05) is 12.1 Å². The molecule has 0 saturated carbocycles. The minimum absolute atomic E-state index is 0. The van der Waals surface area contributed by atoms with Gasteiger partial charge in [0.15, 0.2) is 5.96 Å². The summed E-state index contributed by atoms with van der Waals surface area (Å²) >= 11 is 3.26. The smallest absolute Gasteiger partial charge is 0.191 e. The van der Waals surface area contributed by atoms with Crippen LogP contribution in [-0.2, 0) is 6.42 Å². The van der Waals surface area contributed by atoms with Crippen molar-refractivity contribution in [2.24, 2.45) is 4.99 Å². The summed E-state index contributed by atoms with van der Waals surface area (Å²) in [4.78, 5) is 4.16. The maximum atomic E-state index is 13.6. The molecule has 0 aromatic heterocycles. The maximum Gasteiger partial charge on any atom is 0.191 e. The zero-order valence-electron chi connectivity index (χ0n) is 13.0. The highest BCUT2D eigenvalue weighted by molar-refractivity contribution is 14.0. The Hall–Kier alpha value is -0.370. The van der Waals surface area contributed by atoms with Crippen LogP contribution in [0.5, 0.6) is 0 Å². The van der Waals surface area contributed by atoms with Gasteiger partial charge in [0.05, 0.1) is 0 Å². The Morgan fingerprint density at radius 1 is 1.33 bits per heavy atom. The Morgan fingerprint density at radius 2 is 2.00 bits per heavy atom. The number of nitrogens with zero attached hydrogens (tertiary/aromatic N) is 1. The highest BCUT2D eigenvalue weighted by Crippen LogP contribution is 2.16. The third-order valence-electron chi connectivity index (χ3n) is 2.65. The molecule has 0 saturated heterocycles. The standard InChI is InChI=1S/C15H23BrFN3.HI/c1-15(2,3)20-14(18-4)19-9-5-6-11-7-8-12(16)10-13(11)17;/h7-8,10H,5-6,9H2,1-4H3,(H2,18,19,20);1H. The van der Waals surface area contributed by atoms with Crippen molar-refractivity contribution >= 4 is 45.9 Å². The molecule has 0 unspecified atom stereocenters. The number of halogens is 3. The summed E-state index contributed by atoms with van der Waals surface area (Å²) in [5.74, 6) is 0.616. The number of aryl methyl sites for hydroxylation is 1. The fourth-order valence-electron chi connectivity index (χ4n) is 1.74. The molecule has 0 atom stereocenters. The Morgan fingerprint density at radius 3 is 2.52 bits per heavy atom. The summed E-state index contributed by atoms with van der Waals surface area (Å²) in [6.07, 6.45) is 1.56. The molecule has 0 aliphatic heterocycles. The van der Waals surface area contributed by atoms with Crippen molar-refractivity contribution in [3.63, 3.8) is 0 Å². The molecule has 1 rings (SSSR count). The fraction of sp³-hybridized carbons (Fsp3) is 0.533. The van der Waals surface area contributed by atoms with Crippen LogP contribution in [0.1, 0.15) is 32.8 Å². The van der Waals surface area contributed by atoms with E-state index >= 15 is 0 Å². The first-order chi connectivity index (χ1) is 9.31. The molecule has 1 aromatic rings. The van der Waals surface area contributed by atoms with Crippen molar-refractivity contribution in [1.82, 2.24) is 10.6 Å². The first kappa shape index (κ1) is 20.6. The van der Waals surface area contributed by atoms with Gasteiger partial charge in [0, 0.05) is 23.6 Å². The van der Waals surface area contributed by atoms with E-state index in [1.165, 1.54) is 6.07 Å². The molecule has 6 heteroatoms. The van der Waals surface area contributed by atoms with Crippen molar-refractivity contribution in [3.8, 4) is 0 Å². The number of hydrogen-bond acceptors (Lipinski definition) is 1. The summed E-state index contributed by atoms with van der Waals surface area (Å²) in [6.45, 7) is 7.00. The predicted molar refractivity (Wildman–Crippen MR) is 102 cm³/mol. The van der Waals surface area contributed by atoms with E-state index in [1.54, 1.807) is 7.05 Å². The summed E-state index contributed by atoms with van der Waals surface area (Å²) in [7, 11) is 1.75. The first-order valence-electron chi connectivity index (χ1n) is 6.74. The summed E-state index contributed by atoms with van der Waals surface area (Å²) < 4.78 is 14.4. The molecule has 0 amide bonds. The van der Waals surface area contributed by atoms with Crippen molar-refractivity contribution in [2.75, 3.05) is 13.6 Å². The number of hydrogen-bond donors (Lipinski definition) is 2. The van der Waals surface area contributed by atoms with E-state index in [2.05, 4.69) is 52.3 Å². The van der Waals surface area contributed by atoms with Crippen molar-refractivity contribution < 1.29 is 4.39 Å². The minimum Gasteiger partial charge on any atom is -0.356 e. The van der Waals surface area contributed by atoms with E-state index in [-0.39, 0.29) is 35.3 Å². The van der Waals surface area contributed by atoms with Gasteiger partial charge in [-0.05, 0) is 51.3 Å². The van der Waals surface area contributed by atoms with E-state index in [4.69, 9.17) is 0 Å². The number of benzene rings is 1. The summed E-state index contributed by atoms with van der Waals surface area (Å²) in [5, 5.41) is 6.52. The van der Waals surface area contributed by atoms with Crippen molar-refractivity contribution in [3.05, 3.63) is 34.1 Å². The predicted octanol–water partition coefficient (Wildman–Crippen LogP) is 4.10. The van der Waals surface area contributed by atoms with Crippen molar-refractivity contribution in [1.29, 1.82) is 0 Å². The van der Waals surface area contributed by atoms with Gasteiger partial charge in [-0.2, -0.15) is 0 Å². The van der Waals surface area contributed by atoms with Crippen LogP contribution in [0.4, 0.5) is 4.39 Å². The van der Waals surface area contributed by atoms with Gasteiger partial charge in [0.1, 0.15) is 5.82 Å². The van der Waals surface area contributed by atoms with Crippen LogP contribution in [0, 0.1) is 5.82 Å². The fourth-order valence-corrected chi connectivity index (χ4v) is 2.08. The van der Waals surface area contributed by atoms with Gasteiger partial charge in [0.2, 0.25) is 0 Å². The topological polar surface area (TPSA) is 36.4 Å². The highest BCUT2D eigenvalue weighted by Gasteiger charge is 2.11. The van der Waals surface area contributed by atoms with Gasteiger partial charge in [-0.1, -0.05) is 22.0 Å². The van der Waals surface area contributed by atoms with Crippen LogP contribution in [0.2, 0.25) is 0 Å². The van der Waals surface area contributed by atoms with E-state index < -0.39 is 0 Å². The minimum atomic E-state index is -0.156. The molecule has 0 radical (unpaired) electrons. The van der Waals surface area contributed by atoms with Crippen molar-refractivity contribution in [2.45, 2.75) is 39.2 Å². The largest absolute Gasteiger partial charge is 0.356 e. The Labute approximate surface area is 152 Å². The van der Waals surface area contributed by atoms with Gasteiger partial charge in [0.25, 0.3) is 0 Å². The quantitative estimate of drug-likeness (QED) is 0.300. The zero-order valence-corrected chi connectivity index (χ0v) is 16.9. The molecular weight excluding hydrogens is 448 g/mol. The lowest BCUT2D eigenvalue weighted by atomic mass is 10.1. The van der Waals surface area contributed by atoms with Crippen LogP contribution >= 0.6 is 39.9 Å². The lowest BCUT2D eigenvalue weighted by molar-refractivity contribution is 0.500. The molecule has 1 aromatic carbocycles. The van der Waals surface area contributed by atoms with Crippen LogP contribution in [-0.4, -0.2) is 25.1 Å². The Bertz CT molecular complexity index is 472. The van der Waals surface area contributed by atoms with Crippen LogP contribution in [0.15, 0.2) is 27.7 Å². The molecule has 0 aliphatic carbocycles. The average molecular weight is 472 g/mol. The molecule has 0 bridgehead atoms. The first-order valence-corrected chi connectivity index (χ1v) is 7.54. The third-order valence-corrected chi connectivity index (χ3v) is 3.14. The second-order valence-corrected chi connectivity index (χ2v) is 6.63. The second kappa shape index (κ2) is 9.61. The highest BCUT2D eigenvalue weighted by atomic mass is 127. The van der Waals surface area contributed by atoms with E-state index in [0.717, 1.165) is 29.0 Å². The lowest BCUT2D eigenvalue weighted by Crippen LogP contribution is -2.47. The van der Waals surface area contributed by atoms with Gasteiger partial charge in [-0.3, -0.25) is 4.99 Å². The van der Waals surface area contributed by atoms with Crippen LogP contribution < -0.4 is 10.6 Å². The second-order valence-electron chi connectivity index (χ2n) is 5.71. The van der Waals surface area contributed by atoms with Crippen LogP contribution in [0.3, 0.4) is 0 Å². The summed E-state index contributed by atoms with van der Waals surface area (Å²) in [5.41, 5.74) is 0.716. The van der Waals surface area contributed by atoms with Gasteiger partial charge in [-0.25, -0.2) is 4.39 Å². The summed E-state index contributed by atoms with van der Waals surface area (Å²) in [6, 6.07) is 5.19. The molecule has 0 heterocycles. The molecular formula is C15H24BrFIN3. The Balaban J connectivity index is 0.00000400. The molecule has 3 nitrogen and oxygen atoms in total. The monoisotopic (exact) mass is 471 g/mol. The SMILES string of the molecule is CN=C(NCCCc1ccc(Br)cc1F)NC(C)(C)C.I. The lowest BCUT2D eigenvalue weighted by Gasteiger charge is -2.23. The van der Waals surface area contributed by atoms with Crippen LogP contribution in [0.25, 0.3) is 0 Å². The number of aliphatic imine (C=N–C) groups is 1. The molecule has 120 valence electrons. The van der Waals surface area contributed by atoms with Gasteiger partial charge in [-0.15, -0.1) is 24.0 Å². The number of rotatable bonds is 4. The molecule has 0 fully saturated rings.